The van der Waals surface area contributed by atoms with Crippen LogP contribution in [0.15, 0.2) is 76.5 Å². The summed E-state index contributed by atoms with van der Waals surface area (Å²) in [6, 6.07) is 18.1. The van der Waals surface area contributed by atoms with Gasteiger partial charge in [-0.1, -0.05) is 23.9 Å². The first kappa shape index (κ1) is 22.8. The maximum absolute atomic E-state index is 13.2. The van der Waals surface area contributed by atoms with Crippen LogP contribution in [0.25, 0.3) is 0 Å². The van der Waals surface area contributed by atoms with Crippen LogP contribution in [0.5, 0.6) is 5.75 Å². The summed E-state index contributed by atoms with van der Waals surface area (Å²) in [6.07, 6.45) is 0. The number of halogens is 2. The minimum absolute atomic E-state index is 0.0255. The van der Waals surface area contributed by atoms with E-state index in [2.05, 4.69) is 10.1 Å². The summed E-state index contributed by atoms with van der Waals surface area (Å²) in [5, 5.41) is 2.81. The molecule has 0 bridgehead atoms. The van der Waals surface area contributed by atoms with Crippen LogP contribution in [0.4, 0.5) is 20.2 Å². The van der Waals surface area contributed by atoms with Crippen molar-refractivity contribution in [2.75, 3.05) is 30.5 Å². The molecule has 0 unspecified atom stereocenters. The van der Waals surface area contributed by atoms with Crippen molar-refractivity contribution in [3.8, 4) is 5.75 Å². The van der Waals surface area contributed by atoms with E-state index in [1.807, 2.05) is 18.2 Å². The Balaban J connectivity index is 1.60. The molecule has 0 saturated heterocycles. The van der Waals surface area contributed by atoms with Gasteiger partial charge in [0.2, 0.25) is 0 Å². The fraction of sp³-hybridized carbons (Fsp3) is 0.167. The fourth-order valence-electron chi connectivity index (χ4n) is 3.40. The zero-order chi connectivity index (χ0) is 23.4. The Morgan fingerprint density at radius 2 is 1.82 bits per heavy atom. The topological polar surface area (TPSA) is 67.9 Å². The zero-order valence-corrected chi connectivity index (χ0v) is 18.4. The SMILES string of the molecule is COCCN1C(=O)c2ccccc2Sc2cc(NC(=O)c3ccc(OC(F)F)cc3)ccc21. The normalized spacial score (nSPS) is 12.7. The second-order valence-corrected chi connectivity index (χ2v) is 8.17. The first-order chi connectivity index (χ1) is 16.0. The van der Waals surface area contributed by atoms with Crippen LogP contribution in [0.3, 0.4) is 0 Å². The van der Waals surface area contributed by atoms with E-state index < -0.39 is 12.5 Å². The van der Waals surface area contributed by atoms with E-state index in [-0.39, 0.29) is 11.7 Å². The van der Waals surface area contributed by atoms with E-state index >= 15 is 0 Å². The molecule has 0 fully saturated rings. The Morgan fingerprint density at radius 1 is 1.06 bits per heavy atom. The lowest BCUT2D eigenvalue weighted by Gasteiger charge is -2.23. The van der Waals surface area contributed by atoms with Crippen molar-refractivity contribution < 1.29 is 27.8 Å². The summed E-state index contributed by atoms with van der Waals surface area (Å²) < 4.78 is 34.1. The van der Waals surface area contributed by atoms with Gasteiger partial charge in [0.05, 0.1) is 17.9 Å². The van der Waals surface area contributed by atoms with Crippen molar-refractivity contribution in [3.63, 3.8) is 0 Å². The van der Waals surface area contributed by atoms with E-state index in [1.54, 1.807) is 36.3 Å². The Labute approximate surface area is 193 Å². The highest BCUT2D eigenvalue weighted by Gasteiger charge is 2.27. The van der Waals surface area contributed by atoms with Gasteiger partial charge in [-0.3, -0.25) is 9.59 Å². The number of anilines is 2. The maximum Gasteiger partial charge on any atom is 0.387 e. The Kier molecular flexibility index (Phi) is 6.90. The monoisotopic (exact) mass is 470 g/mol. The van der Waals surface area contributed by atoms with Crippen LogP contribution in [0, 0.1) is 0 Å². The number of carbonyl (C=O) groups is 2. The van der Waals surface area contributed by atoms with Gasteiger partial charge in [0, 0.05) is 34.7 Å². The van der Waals surface area contributed by atoms with Crippen LogP contribution in [0.2, 0.25) is 0 Å². The number of carbonyl (C=O) groups excluding carboxylic acids is 2. The molecule has 1 N–H and O–H groups in total. The lowest BCUT2D eigenvalue weighted by Crippen LogP contribution is -2.33. The van der Waals surface area contributed by atoms with Crippen LogP contribution < -0.4 is 15.0 Å². The molecular formula is C24H20F2N2O4S. The standard InChI is InChI=1S/C24H20F2N2O4S/c1-31-13-12-28-19-11-8-16(14-21(19)33-20-5-3-2-4-18(20)23(28)30)27-22(29)15-6-9-17(10-7-15)32-24(25)26/h2-11,14,24H,12-13H2,1H3,(H,27,29). The minimum Gasteiger partial charge on any atom is -0.435 e. The number of amides is 2. The maximum atomic E-state index is 13.2. The minimum atomic E-state index is -2.93. The van der Waals surface area contributed by atoms with Crippen LogP contribution >= 0.6 is 11.8 Å². The third-order valence-corrected chi connectivity index (χ3v) is 6.07. The lowest BCUT2D eigenvalue weighted by atomic mass is 10.1. The first-order valence-electron chi connectivity index (χ1n) is 10.0. The van der Waals surface area contributed by atoms with Gasteiger partial charge in [-0.25, -0.2) is 0 Å². The molecule has 0 atom stereocenters. The van der Waals surface area contributed by atoms with E-state index in [0.717, 1.165) is 15.5 Å². The highest BCUT2D eigenvalue weighted by atomic mass is 32.2. The number of hydrogen-bond acceptors (Lipinski definition) is 5. The first-order valence-corrected chi connectivity index (χ1v) is 10.9. The molecule has 33 heavy (non-hydrogen) atoms. The largest absolute Gasteiger partial charge is 0.435 e. The molecule has 4 rings (SSSR count). The average molecular weight is 470 g/mol. The highest BCUT2D eigenvalue weighted by molar-refractivity contribution is 7.99. The number of ether oxygens (including phenoxy) is 2. The van der Waals surface area contributed by atoms with E-state index in [9.17, 15) is 18.4 Å². The van der Waals surface area contributed by atoms with E-state index in [1.165, 1.54) is 36.0 Å². The average Bonchev–Trinajstić information content (AvgIpc) is 2.91. The molecule has 170 valence electrons. The van der Waals surface area contributed by atoms with E-state index in [4.69, 9.17) is 4.74 Å². The number of nitrogens with zero attached hydrogens (tertiary/aromatic N) is 1. The van der Waals surface area contributed by atoms with Crippen molar-refractivity contribution in [3.05, 3.63) is 77.9 Å². The van der Waals surface area contributed by atoms with Gasteiger partial charge in [-0.05, 0) is 54.6 Å². The zero-order valence-electron chi connectivity index (χ0n) is 17.6. The fourth-order valence-corrected chi connectivity index (χ4v) is 4.52. The molecule has 1 aliphatic rings. The Hall–Kier alpha value is -3.43. The van der Waals surface area contributed by atoms with Crippen molar-refractivity contribution >= 4 is 35.0 Å². The second kappa shape index (κ2) is 10.0. The smallest absolute Gasteiger partial charge is 0.387 e. The predicted molar refractivity (Wildman–Crippen MR) is 122 cm³/mol. The number of fused-ring (bicyclic) bond motifs is 2. The summed E-state index contributed by atoms with van der Waals surface area (Å²) in [5.74, 6) is -0.538. The Morgan fingerprint density at radius 3 is 2.55 bits per heavy atom. The van der Waals surface area contributed by atoms with Gasteiger partial charge in [-0.2, -0.15) is 8.78 Å². The molecule has 0 aliphatic carbocycles. The number of alkyl halides is 2. The number of benzene rings is 3. The van der Waals surface area contributed by atoms with Crippen molar-refractivity contribution in [1.82, 2.24) is 0 Å². The molecule has 6 nitrogen and oxygen atoms in total. The van der Waals surface area contributed by atoms with Crippen LogP contribution in [0.1, 0.15) is 20.7 Å². The molecule has 0 saturated carbocycles. The van der Waals surface area contributed by atoms with Gasteiger partial charge >= 0.3 is 6.61 Å². The van der Waals surface area contributed by atoms with Gasteiger partial charge in [0.1, 0.15) is 5.75 Å². The molecule has 0 aromatic heterocycles. The molecule has 9 heteroatoms. The van der Waals surface area contributed by atoms with Crippen molar-refractivity contribution in [2.24, 2.45) is 0 Å². The molecule has 1 heterocycles. The van der Waals surface area contributed by atoms with Crippen LogP contribution in [-0.2, 0) is 4.74 Å². The number of methoxy groups -OCH3 is 1. The molecule has 0 spiro atoms. The summed E-state index contributed by atoms with van der Waals surface area (Å²) in [6.45, 7) is -2.17. The molecule has 0 radical (unpaired) electrons. The van der Waals surface area contributed by atoms with Gasteiger partial charge in [0.15, 0.2) is 0 Å². The third kappa shape index (κ3) is 5.15. The summed E-state index contributed by atoms with van der Waals surface area (Å²) in [7, 11) is 1.58. The van der Waals surface area contributed by atoms with Crippen molar-refractivity contribution in [1.29, 1.82) is 0 Å². The molecule has 3 aromatic carbocycles. The van der Waals surface area contributed by atoms with Crippen molar-refractivity contribution in [2.45, 2.75) is 16.4 Å². The lowest BCUT2D eigenvalue weighted by molar-refractivity contribution is -0.0498. The van der Waals surface area contributed by atoms with Gasteiger partial charge < -0.3 is 19.7 Å². The molecular weight excluding hydrogens is 450 g/mol. The van der Waals surface area contributed by atoms with Gasteiger partial charge in [-0.15, -0.1) is 0 Å². The quantitative estimate of drug-likeness (QED) is 0.508. The summed E-state index contributed by atoms with van der Waals surface area (Å²) in [4.78, 5) is 29.1. The van der Waals surface area contributed by atoms with Crippen LogP contribution in [-0.4, -0.2) is 38.7 Å². The Bertz CT molecular complexity index is 1170. The summed E-state index contributed by atoms with van der Waals surface area (Å²) in [5.41, 5.74) is 2.16. The van der Waals surface area contributed by atoms with Gasteiger partial charge in [0.25, 0.3) is 11.8 Å². The number of nitrogens with one attached hydrogen (secondary N) is 1. The molecule has 1 aliphatic heterocycles. The number of hydrogen-bond donors (Lipinski definition) is 1. The second-order valence-electron chi connectivity index (χ2n) is 7.09. The third-order valence-electron chi connectivity index (χ3n) is 4.95. The highest BCUT2D eigenvalue weighted by Crippen LogP contribution is 2.42. The predicted octanol–water partition coefficient (Wildman–Crippen LogP) is 5.30. The number of rotatable bonds is 7. The molecule has 3 aromatic rings. The molecule has 2 amide bonds. The van der Waals surface area contributed by atoms with E-state index in [0.29, 0.717) is 30.0 Å². The summed E-state index contributed by atoms with van der Waals surface area (Å²) >= 11 is 1.45.